The Labute approximate surface area is 113 Å². The Morgan fingerprint density at radius 1 is 1.61 bits per heavy atom. The zero-order valence-corrected chi connectivity index (χ0v) is 12.3. The summed E-state index contributed by atoms with van der Waals surface area (Å²) in [4.78, 5) is 14.5. The molecule has 0 aliphatic heterocycles. The topological polar surface area (TPSA) is 52.6 Å². The van der Waals surface area contributed by atoms with Crippen LogP contribution in [-0.2, 0) is 5.41 Å². The van der Waals surface area contributed by atoms with E-state index in [-0.39, 0.29) is 11.4 Å². The van der Waals surface area contributed by atoms with Crippen molar-refractivity contribution in [1.82, 2.24) is 10.2 Å². The van der Waals surface area contributed by atoms with Gasteiger partial charge in [-0.25, -0.2) is 4.79 Å². The highest BCUT2D eigenvalue weighted by Crippen LogP contribution is 2.26. The Morgan fingerprint density at radius 3 is 2.78 bits per heavy atom. The highest BCUT2D eigenvalue weighted by Gasteiger charge is 2.23. The van der Waals surface area contributed by atoms with E-state index in [2.05, 4.69) is 25.2 Å². The minimum Gasteiger partial charge on any atom is -0.392 e. The fourth-order valence-electron chi connectivity index (χ4n) is 1.66. The van der Waals surface area contributed by atoms with Crippen molar-refractivity contribution in [1.29, 1.82) is 0 Å². The number of nitrogens with one attached hydrogen (secondary N) is 1. The van der Waals surface area contributed by atoms with E-state index < -0.39 is 6.10 Å². The summed E-state index contributed by atoms with van der Waals surface area (Å²) >= 11 is 1.70. The van der Waals surface area contributed by atoms with Crippen LogP contribution in [0.3, 0.4) is 0 Å². The van der Waals surface area contributed by atoms with E-state index >= 15 is 0 Å². The Hall–Kier alpha value is -1.07. The summed E-state index contributed by atoms with van der Waals surface area (Å²) in [6, 6.07) is 3.94. The van der Waals surface area contributed by atoms with E-state index in [1.54, 1.807) is 25.3 Å². The molecule has 2 amide bonds. The molecule has 0 saturated heterocycles. The van der Waals surface area contributed by atoms with Gasteiger partial charge in [-0.2, -0.15) is 0 Å². The lowest BCUT2D eigenvalue weighted by atomic mass is 9.91. The van der Waals surface area contributed by atoms with Crippen LogP contribution in [0.4, 0.5) is 4.79 Å². The van der Waals surface area contributed by atoms with Crippen molar-refractivity contribution in [2.45, 2.75) is 32.3 Å². The van der Waals surface area contributed by atoms with Crippen LogP contribution in [0.1, 0.15) is 25.6 Å². The molecular formula is C13H22N2O2S. The first-order chi connectivity index (χ1) is 8.33. The Bertz CT molecular complexity index is 374. The van der Waals surface area contributed by atoms with Crippen molar-refractivity contribution in [2.24, 2.45) is 0 Å². The summed E-state index contributed by atoms with van der Waals surface area (Å²) in [5.74, 6) is 0. The van der Waals surface area contributed by atoms with Gasteiger partial charge in [0.15, 0.2) is 0 Å². The van der Waals surface area contributed by atoms with Crippen LogP contribution in [-0.4, -0.2) is 42.3 Å². The molecule has 1 atom stereocenters. The summed E-state index contributed by atoms with van der Waals surface area (Å²) < 4.78 is 0. The van der Waals surface area contributed by atoms with Crippen molar-refractivity contribution in [2.75, 3.05) is 20.1 Å². The number of hydrogen-bond acceptors (Lipinski definition) is 3. The molecule has 5 heteroatoms. The lowest BCUT2D eigenvalue weighted by molar-refractivity contribution is 0.143. The smallest absolute Gasteiger partial charge is 0.317 e. The number of urea groups is 1. The predicted molar refractivity (Wildman–Crippen MR) is 75.1 cm³/mol. The molecule has 2 N–H and O–H groups in total. The van der Waals surface area contributed by atoms with Crippen LogP contribution in [0.2, 0.25) is 0 Å². The van der Waals surface area contributed by atoms with Gasteiger partial charge in [-0.1, -0.05) is 19.9 Å². The molecular weight excluding hydrogens is 248 g/mol. The highest BCUT2D eigenvalue weighted by molar-refractivity contribution is 7.10. The number of carbonyl (C=O) groups excluding carboxylic acids is 1. The van der Waals surface area contributed by atoms with Gasteiger partial charge in [0.25, 0.3) is 0 Å². The molecule has 18 heavy (non-hydrogen) atoms. The fourth-order valence-corrected chi connectivity index (χ4v) is 2.51. The number of thiophene rings is 1. The second-order valence-corrected chi connectivity index (χ2v) is 6.20. The lowest BCUT2D eigenvalue weighted by Gasteiger charge is -2.26. The fraction of sp³-hybridized carbons (Fsp3) is 0.615. The number of hydrogen-bond donors (Lipinski definition) is 2. The van der Waals surface area contributed by atoms with Crippen LogP contribution in [0.15, 0.2) is 17.5 Å². The van der Waals surface area contributed by atoms with Gasteiger partial charge in [-0.15, -0.1) is 11.3 Å². The summed E-state index contributed by atoms with van der Waals surface area (Å²) in [6.07, 6.45) is -0.508. The second-order valence-electron chi connectivity index (χ2n) is 5.25. The monoisotopic (exact) mass is 270 g/mol. The molecule has 0 saturated carbocycles. The van der Waals surface area contributed by atoms with E-state index in [0.29, 0.717) is 13.1 Å². The largest absolute Gasteiger partial charge is 0.392 e. The third-order valence-electron chi connectivity index (χ3n) is 2.75. The van der Waals surface area contributed by atoms with Gasteiger partial charge in [-0.05, 0) is 18.4 Å². The van der Waals surface area contributed by atoms with Crippen molar-refractivity contribution in [3.8, 4) is 0 Å². The lowest BCUT2D eigenvalue weighted by Crippen LogP contribution is -2.44. The molecule has 1 aromatic heterocycles. The van der Waals surface area contributed by atoms with Gasteiger partial charge in [0.1, 0.15) is 0 Å². The van der Waals surface area contributed by atoms with E-state index in [4.69, 9.17) is 0 Å². The van der Waals surface area contributed by atoms with Crippen LogP contribution < -0.4 is 5.32 Å². The quantitative estimate of drug-likeness (QED) is 0.860. The number of aliphatic hydroxyl groups excluding tert-OH is 1. The minimum absolute atomic E-state index is 0.0739. The molecule has 4 nitrogen and oxygen atoms in total. The van der Waals surface area contributed by atoms with E-state index in [9.17, 15) is 9.90 Å². The molecule has 0 radical (unpaired) electrons. The molecule has 0 aliphatic carbocycles. The summed E-state index contributed by atoms with van der Waals surface area (Å²) in [6.45, 7) is 6.79. The maximum atomic E-state index is 11.8. The molecule has 1 aromatic rings. The van der Waals surface area contributed by atoms with Gasteiger partial charge in [0, 0.05) is 30.4 Å². The maximum absolute atomic E-state index is 11.8. The van der Waals surface area contributed by atoms with Crippen molar-refractivity contribution in [3.63, 3.8) is 0 Å². The number of nitrogens with zero attached hydrogens (tertiary/aromatic N) is 1. The van der Waals surface area contributed by atoms with Gasteiger partial charge < -0.3 is 15.3 Å². The van der Waals surface area contributed by atoms with Crippen LogP contribution >= 0.6 is 11.3 Å². The second kappa shape index (κ2) is 6.20. The van der Waals surface area contributed by atoms with E-state index in [1.165, 1.54) is 9.78 Å². The third-order valence-corrected chi connectivity index (χ3v) is 3.99. The van der Waals surface area contributed by atoms with Gasteiger partial charge in [0.2, 0.25) is 0 Å². The van der Waals surface area contributed by atoms with Crippen LogP contribution in [0.5, 0.6) is 0 Å². The first-order valence-electron chi connectivity index (χ1n) is 6.04. The van der Waals surface area contributed by atoms with Gasteiger partial charge in [-0.3, -0.25) is 0 Å². The molecule has 1 heterocycles. The number of aliphatic hydroxyl groups is 1. The highest BCUT2D eigenvalue weighted by atomic mass is 32.1. The maximum Gasteiger partial charge on any atom is 0.317 e. The molecule has 1 rings (SSSR count). The number of rotatable bonds is 5. The SMILES string of the molecule is CC(O)CN(C)C(=O)NCC(C)(C)c1cccs1. The first kappa shape index (κ1) is 15.0. The standard InChI is InChI=1S/C13H22N2O2S/c1-10(16)8-15(4)12(17)14-9-13(2,3)11-6-5-7-18-11/h5-7,10,16H,8-9H2,1-4H3,(H,14,17). The zero-order valence-electron chi connectivity index (χ0n) is 11.4. The van der Waals surface area contributed by atoms with Crippen molar-refractivity contribution < 1.29 is 9.90 Å². The van der Waals surface area contributed by atoms with Gasteiger partial charge >= 0.3 is 6.03 Å². The Morgan fingerprint density at radius 2 is 2.28 bits per heavy atom. The molecule has 0 fully saturated rings. The van der Waals surface area contributed by atoms with Gasteiger partial charge in [0.05, 0.1) is 6.10 Å². The summed E-state index contributed by atoms with van der Waals surface area (Å²) in [7, 11) is 1.68. The number of likely N-dealkylation sites (N-methyl/N-ethyl adjacent to an activating group) is 1. The van der Waals surface area contributed by atoms with Crippen molar-refractivity contribution >= 4 is 17.4 Å². The molecule has 0 aliphatic rings. The Kier molecular flexibility index (Phi) is 5.16. The number of amides is 2. The average Bonchev–Trinajstić information content (AvgIpc) is 2.78. The molecule has 0 spiro atoms. The normalized spacial score (nSPS) is 13.2. The van der Waals surface area contributed by atoms with Crippen molar-refractivity contribution in [3.05, 3.63) is 22.4 Å². The minimum atomic E-state index is -0.508. The molecule has 1 unspecified atom stereocenters. The zero-order chi connectivity index (χ0) is 13.8. The number of carbonyl (C=O) groups is 1. The first-order valence-corrected chi connectivity index (χ1v) is 6.92. The van der Waals surface area contributed by atoms with Crippen LogP contribution in [0.25, 0.3) is 0 Å². The van der Waals surface area contributed by atoms with Crippen LogP contribution in [0, 0.1) is 0 Å². The molecule has 0 bridgehead atoms. The summed E-state index contributed by atoms with van der Waals surface area (Å²) in [5.41, 5.74) is -0.0739. The summed E-state index contributed by atoms with van der Waals surface area (Å²) in [5, 5.41) is 14.2. The Balaban J connectivity index is 2.47. The predicted octanol–water partition coefficient (Wildman–Crippen LogP) is 2.05. The van der Waals surface area contributed by atoms with E-state index in [1.807, 2.05) is 11.4 Å². The average molecular weight is 270 g/mol. The van der Waals surface area contributed by atoms with E-state index in [0.717, 1.165) is 0 Å². The molecule has 102 valence electrons. The third kappa shape index (κ3) is 4.31. The molecule has 0 aromatic carbocycles.